The largest absolute Gasteiger partial charge is 0.379 e. The Bertz CT molecular complexity index is 505. The molecule has 0 N–H and O–H groups in total. The molecule has 19 heavy (non-hydrogen) atoms. The van der Waals surface area contributed by atoms with Crippen molar-refractivity contribution in [3.63, 3.8) is 0 Å². The second-order valence-electron chi connectivity index (χ2n) is 4.26. The number of benzene rings is 1. The van der Waals surface area contributed by atoms with Gasteiger partial charge in [-0.3, -0.25) is 0 Å². The van der Waals surface area contributed by atoms with Crippen LogP contribution in [0.2, 0.25) is 0 Å². The van der Waals surface area contributed by atoms with E-state index in [1.807, 2.05) is 33.8 Å². The van der Waals surface area contributed by atoms with Crippen LogP contribution in [0.4, 0.5) is 0 Å². The summed E-state index contributed by atoms with van der Waals surface area (Å²) >= 11 is 0. The minimum absolute atomic E-state index is 0.377. The molecule has 108 valence electrons. The van der Waals surface area contributed by atoms with Crippen LogP contribution in [0.5, 0.6) is 0 Å². The summed E-state index contributed by atoms with van der Waals surface area (Å²) in [5.74, 6) is 0. The lowest BCUT2D eigenvalue weighted by Gasteiger charge is -2.26. The first kappa shape index (κ1) is 16.1. The van der Waals surface area contributed by atoms with Crippen LogP contribution < -0.4 is 0 Å². The zero-order valence-electron chi connectivity index (χ0n) is 12.1. The van der Waals surface area contributed by atoms with Crippen LogP contribution >= 0.6 is 0 Å². The minimum Gasteiger partial charge on any atom is -0.379 e. The maximum Gasteiger partial charge on any atom is 0.243 e. The van der Waals surface area contributed by atoms with Gasteiger partial charge < -0.3 is 4.74 Å². The van der Waals surface area contributed by atoms with E-state index in [1.54, 1.807) is 12.1 Å². The zero-order chi connectivity index (χ0) is 14.5. The molecule has 1 fully saturated rings. The Hall–Kier alpha value is -0.910. The van der Waals surface area contributed by atoms with Gasteiger partial charge in [0.1, 0.15) is 0 Å². The molecule has 0 radical (unpaired) electrons. The van der Waals surface area contributed by atoms with Crippen LogP contribution in [-0.4, -0.2) is 39.0 Å². The van der Waals surface area contributed by atoms with Crippen molar-refractivity contribution in [2.75, 3.05) is 26.3 Å². The van der Waals surface area contributed by atoms with Gasteiger partial charge in [-0.05, 0) is 37.1 Å². The number of hydrogen-bond acceptors (Lipinski definition) is 3. The summed E-state index contributed by atoms with van der Waals surface area (Å²) < 4.78 is 31.3. The third kappa shape index (κ3) is 3.78. The van der Waals surface area contributed by atoms with Crippen molar-refractivity contribution in [3.8, 4) is 0 Å². The maximum absolute atomic E-state index is 12.3. The molecule has 0 saturated carbocycles. The third-order valence-electron chi connectivity index (χ3n) is 3.09. The van der Waals surface area contributed by atoms with Crippen LogP contribution in [0.25, 0.3) is 0 Å². The van der Waals surface area contributed by atoms with Crippen LogP contribution in [-0.2, 0) is 14.8 Å². The highest BCUT2D eigenvalue weighted by Gasteiger charge is 2.26. The van der Waals surface area contributed by atoms with Gasteiger partial charge in [-0.25, -0.2) is 8.42 Å². The Morgan fingerprint density at radius 2 is 1.63 bits per heavy atom. The van der Waals surface area contributed by atoms with Gasteiger partial charge in [0, 0.05) is 13.1 Å². The van der Waals surface area contributed by atoms with Crippen molar-refractivity contribution < 1.29 is 13.2 Å². The smallest absolute Gasteiger partial charge is 0.243 e. The summed E-state index contributed by atoms with van der Waals surface area (Å²) in [6.07, 6.45) is 0. The second-order valence-corrected chi connectivity index (χ2v) is 6.20. The molecule has 0 aromatic heterocycles. The fourth-order valence-corrected chi connectivity index (χ4v) is 3.30. The molecule has 5 heteroatoms. The van der Waals surface area contributed by atoms with Crippen LogP contribution in [0, 0.1) is 13.8 Å². The molecule has 1 aliphatic heterocycles. The fraction of sp³-hybridized carbons (Fsp3) is 0.571. The van der Waals surface area contributed by atoms with E-state index in [0.717, 1.165) is 11.1 Å². The van der Waals surface area contributed by atoms with Crippen molar-refractivity contribution in [1.29, 1.82) is 0 Å². The van der Waals surface area contributed by atoms with E-state index in [2.05, 4.69) is 0 Å². The SMILES string of the molecule is CC.Cc1ccc(S(=O)(=O)N2CCOCC2)cc1C. The van der Waals surface area contributed by atoms with Crippen molar-refractivity contribution in [3.05, 3.63) is 29.3 Å². The molecule has 0 unspecified atom stereocenters. The first-order valence-corrected chi connectivity index (χ1v) is 8.11. The van der Waals surface area contributed by atoms with Crippen molar-refractivity contribution in [2.45, 2.75) is 32.6 Å². The Kier molecular flexibility index (Phi) is 5.97. The molecule has 0 amide bonds. The normalized spacial score (nSPS) is 16.6. The molecule has 2 rings (SSSR count). The zero-order valence-corrected chi connectivity index (χ0v) is 13.0. The van der Waals surface area contributed by atoms with Gasteiger partial charge >= 0.3 is 0 Å². The first-order chi connectivity index (χ1) is 9.01. The lowest BCUT2D eigenvalue weighted by Crippen LogP contribution is -2.40. The van der Waals surface area contributed by atoms with E-state index >= 15 is 0 Å². The highest BCUT2D eigenvalue weighted by atomic mass is 32.2. The summed E-state index contributed by atoms with van der Waals surface area (Å²) in [6, 6.07) is 5.26. The van der Waals surface area contributed by atoms with Crippen molar-refractivity contribution in [2.24, 2.45) is 0 Å². The molecule has 0 atom stereocenters. The first-order valence-electron chi connectivity index (χ1n) is 6.67. The number of ether oxygens (including phenoxy) is 1. The summed E-state index contributed by atoms with van der Waals surface area (Å²) in [5, 5.41) is 0. The molecule has 4 nitrogen and oxygen atoms in total. The van der Waals surface area contributed by atoms with Crippen LogP contribution in [0.15, 0.2) is 23.1 Å². The third-order valence-corrected chi connectivity index (χ3v) is 4.98. The van der Waals surface area contributed by atoms with Gasteiger partial charge in [0.15, 0.2) is 0 Å². The maximum atomic E-state index is 12.3. The standard InChI is InChI=1S/C12H17NO3S.C2H6/c1-10-3-4-12(9-11(10)2)17(14,15)13-5-7-16-8-6-13;1-2/h3-4,9H,5-8H2,1-2H3;1-2H3. The summed E-state index contributed by atoms with van der Waals surface area (Å²) in [7, 11) is -3.35. The van der Waals surface area contributed by atoms with Gasteiger partial charge in [0.05, 0.1) is 18.1 Å². The Balaban J connectivity index is 0.000000861. The van der Waals surface area contributed by atoms with Gasteiger partial charge in [-0.1, -0.05) is 19.9 Å². The van der Waals surface area contributed by atoms with E-state index in [9.17, 15) is 8.42 Å². The second kappa shape index (κ2) is 7.03. The minimum atomic E-state index is -3.35. The van der Waals surface area contributed by atoms with E-state index in [-0.39, 0.29) is 0 Å². The summed E-state index contributed by atoms with van der Waals surface area (Å²) in [6.45, 7) is 9.73. The molecule has 0 spiro atoms. The molecule has 0 aliphatic carbocycles. The predicted octanol–water partition coefficient (Wildman–Crippen LogP) is 2.35. The molecule has 1 aromatic rings. The molecular weight excluding hydrogens is 262 g/mol. The van der Waals surface area contributed by atoms with Gasteiger partial charge in [-0.2, -0.15) is 4.31 Å². The number of aryl methyl sites for hydroxylation is 2. The summed E-state index contributed by atoms with van der Waals surface area (Å²) in [4.78, 5) is 0.377. The highest BCUT2D eigenvalue weighted by Crippen LogP contribution is 2.19. The van der Waals surface area contributed by atoms with Crippen molar-refractivity contribution in [1.82, 2.24) is 4.31 Å². The van der Waals surface area contributed by atoms with Gasteiger partial charge in [0.25, 0.3) is 0 Å². The molecule has 1 heterocycles. The lowest BCUT2D eigenvalue weighted by atomic mass is 10.1. The molecule has 1 saturated heterocycles. The van der Waals surface area contributed by atoms with Crippen LogP contribution in [0.3, 0.4) is 0 Å². The predicted molar refractivity (Wildman–Crippen MR) is 76.8 cm³/mol. The molecular formula is C14H23NO3S. The van der Waals surface area contributed by atoms with Crippen LogP contribution in [0.1, 0.15) is 25.0 Å². The van der Waals surface area contributed by atoms with E-state index < -0.39 is 10.0 Å². The van der Waals surface area contributed by atoms with Gasteiger partial charge in [0.2, 0.25) is 10.0 Å². The van der Waals surface area contributed by atoms with Gasteiger partial charge in [-0.15, -0.1) is 0 Å². The highest BCUT2D eigenvalue weighted by molar-refractivity contribution is 7.89. The van der Waals surface area contributed by atoms with E-state index in [0.29, 0.717) is 31.2 Å². The lowest BCUT2D eigenvalue weighted by molar-refractivity contribution is 0.0730. The molecule has 1 aromatic carbocycles. The topological polar surface area (TPSA) is 46.6 Å². The number of morpholine rings is 1. The monoisotopic (exact) mass is 285 g/mol. The fourth-order valence-electron chi connectivity index (χ4n) is 1.81. The number of nitrogens with zero attached hydrogens (tertiary/aromatic N) is 1. The number of hydrogen-bond donors (Lipinski definition) is 0. The average Bonchev–Trinajstić information content (AvgIpc) is 2.45. The molecule has 1 aliphatic rings. The summed E-state index contributed by atoms with van der Waals surface area (Å²) in [5.41, 5.74) is 2.10. The number of rotatable bonds is 2. The Morgan fingerprint density at radius 3 is 2.16 bits per heavy atom. The average molecular weight is 285 g/mol. The molecule has 0 bridgehead atoms. The van der Waals surface area contributed by atoms with E-state index in [4.69, 9.17) is 4.74 Å². The Morgan fingerprint density at radius 1 is 1.05 bits per heavy atom. The Labute approximate surface area is 116 Å². The van der Waals surface area contributed by atoms with E-state index in [1.165, 1.54) is 4.31 Å². The van der Waals surface area contributed by atoms with Crippen molar-refractivity contribution >= 4 is 10.0 Å². The number of sulfonamides is 1. The quantitative estimate of drug-likeness (QED) is 0.838.